The predicted octanol–water partition coefficient (Wildman–Crippen LogP) is 2.91. The van der Waals surface area contributed by atoms with Gasteiger partial charge in [-0.05, 0) is 38.1 Å². The molecule has 2 rings (SSSR count). The van der Waals surface area contributed by atoms with Crippen molar-refractivity contribution in [2.75, 3.05) is 13.2 Å². The standard InChI is InChI=1S/C15H18N2O2/c1-3-18-15(19-4-2)11-17-8-7-13-9-12(10-16)5-6-14(13)17/h5-9,15H,3-4,11H2,1-2H3. The topological polar surface area (TPSA) is 47.2 Å². The molecule has 1 heterocycles. The average molecular weight is 258 g/mol. The first-order chi connectivity index (χ1) is 9.28. The molecule has 0 aliphatic carbocycles. The van der Waals surface area contributed by atoms with E-state index in [2.05, 4.69) is 10.6 Å². The molecule has 0 saturated carbocycles. The van der Waals surface area contributed by atoms with Gasteiger partial charge in [-0.15, -0.1) is 0 Å². The molecule has 2 aromatic rings. The quantitative estimate of drug-likeness (QED) is 0.748. The number of aromatic nitrogens is 1. The molecule has 0 radical (unpaired) electrons. The maximum Gasteiger partial charge on any atom is 0.175 e. The molecule has 1 aromatic carbocycles. The first-order valence-corrected chi connectivity index (χ1v) is 6.50. The van der Waals surface area contributed by atoms with Crippen LogP contribution in [0.2, 0.25) is 0 Å². The van der Waals surface area contributed by atoms with E-state index in [4.69, 9.17) is 14.7 Å². The highest BCUT2D eigenvalue weighted by Crippen LogP contribution is 2.18. The number of rotatable bonds is 6. The van der Waals surface area contributed by atoms with Crippen LogP contribution in [0.15, 0.2) is 30.5 Å². The van der Waals surface area contributed by atoms with E-state index >= 15 is 0 Å². The maximum absolute atomic E-state index is 8.89. The lowest BCUT2D eigenvalue weighted by Crippen LogP contribution is -2.23. The van der Waals surface area contributed by atoms with Crippen LogP contribution in [-0.2, 0) is 16.0 Å². The Bertz CT molecular complexity index is 577. The Hall–Kier alpha value is -1.83. The summed E-state index contributed by atoms with van der Waals surface area (Å²) in [5.74, 6) is 0. The average Bonchev–Trinajstić information content (AvgIpc) is 2.81. The molecule has 0 spiro atoms. The van der Waals surface area contributed by atoms with Crippen molar-refractivity contribution in [3.05, 3.63) is 36.0 Å². The van der Waals surface area contributed by atoms with E-state index in [1.165, 1.54) is 0 Å². The van der Waals surface area contributed by atoms with Crippen molar-refractivity contribution in [2.24, 2.45) is 0 Å². The summed E-state index contributed by atoms with van der Waals surface area (Å²) in [7, 11) is 0. The van der Waals surface area contributed by atoms with Gasteiger partial charge < -0.3 is 14.0 Å². The fraction of sp³-hybridized carbons (Fsp3) is 0.400. The fourth-order valence-corrected chi connectivity index (χ4v) is 2.11. The van der Waals surface area contributed by atoms with E-state index < -0.39 is 0 Å². The van der Waals surface area contributed by atoms with Crippen LogP contribution in [0.4, 0.5) is 0 Å². The summed E-state index contributed by atoms with van der Waals surface area (Å²) in [4.78, 5) is 0. The van der Waals surface area contributed by atoms with E-state index in [-0.39, 0.29) is 6.29 Å². The number of fused-ring (bicyclic) bond motifs is 1. The van der Waals surface area contributed by atoms with Crippen LogP contribution in [-0.4, -0.2) is 24.1 Å². The Morgan fingerprint density at radius 3 is 2.58 bits per heavy atom. The van der Waals surface area contributed by atoms with Crippen LogP contribution in [0.5, 0.6) is 0 Å². The van der Waals surface area contributed by atoms with Gasteiger partial charge in [0, 0.05) is 30.3 Å². The molecule has 4 heteroatoms. The monoisotopic (exact) mass is 258 g/mol. The first kappa shape index (κ1) is 13.6. The summed E-state index contributed by atoms with van der Waals surface area (Å²) < 4.78 is 13.2. The fourth-order valence-electron chi connectivity index (χ4n) is 2.11. The molecular weight excluding hydrogens is 240 g/mol. The molecule has 0 amide bonds. The third-order valence-corrected chi connectivity index (χ3v) is 2.95. The molecule has 19 heavy (non-hydrogen) atoms. The van der Waals surface area contributed by atoms with Gasteiger partial charge in [0.15, 0.2) is 6.29 Å². The minimum atomic E-state index is -0.235. The van der Waals surface area contributed by atoms with Gasteiger partial charge in [0.05, 0.1) is 18.2 Å². The van der Waals surface area contributed by atoms with Gasteiger partial charge in [-0.1, -0.05) is 0 Å². The van der Waals surface area contributed by atoms with E-state index in [1.807, 2.05) is 44.3 Å². The van der Waals surface area contributed by atoms with Gasteiger partial charge in [-0.25, -0.2) is 0 Å². The van der Waals surface area contributed by atoms with Crippen molar-refractivity contribution in [1.29, 1.82) is 5.26 Å². The molecule has 0 saturated heterocycles. The van der Waals surface area contributed by atoms with Gasteiger partial charge in [-0.3, -0.25) is 0 Å². The Morgan fingerprint density at radius 1 is 1.21 bits per heavy atom. The molecule has 4 nitrogen and oxygen atoms in total. The number of benzene rings is 1. The summed E-state index contributed by atoms with van der Waals surface area (Å²) in [6, 6.07) is 9.84. The lowest BCUT2D eigenvalue weighted by atomic mass is 10.2. The lowest BCUT2D eigenvalue weighted by Gasteiger charge is -2.18. The second-order valence-corrected chi connectivity index (χ2v) is 4.19. The summed E-state index contributed by atoms with van der Waals surface area (Å²) in [5, 5.41) is 9.95. The zero-order valence-electron chi connectivity index (χ0n) is 11.3. The third kappa shape index (κ3) is 3.14. The van der Waals surface area contributed by atoms with Crippen LogP contribution in [0.3, 0.4) is 0 Å². The van der Waals surface area contributed by atoms with E-state index in [9.17, 15) is 0 Å². The SMILES string of the molecule is CCOC(Cn1ccc2cc(C#N)ccc21)OCC. The minimum Gasteiger partial charge on any atom is -0.351 e. The molecule has 1 aromatic heterocycles. The van der Waals surface area contributed by atoms with Crippen molar-refractivity contribution < 1.29 is 9.47 Å². The number of nitriles is 1. The van der Waals surface area contributed by atoms with Gasteiger partial charge in [0.1, 0.15) is 0 Å². The highest BCUT2D eigenvalue weighted by Gasteiger charge is 2.10. The van der Waals surface area contributed by atoms with Crippen LogP contribution in [0.1, 0.15) is 19.4 Å². The second kappa shape index (κ2) is 6.37. The molecule has 0 unspecified atom stereocenters. The Morgan fingerprint density at radius 2 is 1.95 bits per heavy atom. The molecular formula is C15H18N2O2. The number of ether oxygens (including phenoxy) is 2. The van der Waals surface area contributed by atoms with Gasteiger partial charge in [-0.2, -0.15) is 5.26 Å². The smallest absolute Gasteiger partial charge is 0.175 e. The summed E-state index contributed by atoms with van der Waals surface area (Å²) >= 11 is 0. The molecule has 0 N–H and O–H groups in total. The predicted molar refractivity (Wildman–Crippen MR) is 73.7 cm³/mol. The molecule has 0 bridgehead atoms. The van der Waals surface area contributed by atoms with Gasteiger partial charge in [0.2, 0.25) is 0 Å². The molecule has 0 fully saturated rings. The first-order valence-electron chi connectivity index (χ1n) is 6.50. The number of hydrogen-bond donors (Lipinski definition) is 0. The van der Waals surface area contributed by atoms with Crippen molar-refractivity contribution in [3.63, 3.8) is 0 Å². The Balaban J connectivity index is 2.23. The third-order valence-electron chi connectivity index (χ3n) is 2.95. The van der Waals surface area contributed by atoms with Crippen molar-refractivity contribution >= 4 is 10.9 Å². The number of nitrogens with zero attached hydrogens (tertiary/aromatic N) is 2. The van der Waals surface area contributed by atoms with Crippen molar-refractivity contribution in [1.82, 2.24) is 4.57 Å². The number of hydrogen-bond acceptors (Lipinski definition) is 3. The van der Waals surface area contributed by atoms with Crippen LogP contribution in [0.25, 0.3) is 10.9 Å². The lowest BCUT2D eigenvalue weighted by molar-refractivity contribution is -0.143. The van der Waals surface area contributed by atoms with E-state index in [1.54, 1.807) is 0 Å². The van der Waals surface area contributed by atoms with Gasteiger partial charge in [0.25, 0.3) is 0 Å². The molecule has 100 valence electrons. The van der Waals surface area contributed by atoms with Crippen LogP contribution >= 0.6 is 0 Å². The molecule has 0 aliphatic heterocycles. The normalized spacial score (nSPS) is 11.1. The van der Waals surface area contributed by atoms with Crippen LogP contribution in [0, 0.1) is 11.3 Å². The van der Waals surface area contributed by atoms with Crippen LogP contribution < -0.4 is 0 Å². The van der Waals surface area contributed by atoms with Crippen molar-refractivity contribution in [2.45, 2.75) is 26.7 Å². The highest BCUT2D eigenvalue weighted by molar-refractivity contribution is 5.81. The van der Waals surface area contributed by atoms with Gasteiger partial charge >= 0.3 is 0 Å². The molecule has 0 atom stereocenters. The maximum atomic E-state index is 8.89. The highest BCUT2D eigenvalue weighted by atomic mass is 16.7. The summed E-state index contributed by atoms with van der Waals surface area (Å²) in [6.07, 6.45) is 1.76. The minimum absolute atomic E-state index is 0.235. The summed E-state index contributed by atoms with van der Waals surface area (Å²) in [5.41, 5.74) is 1.76. The second-order valence-electron chi connectivity index (χ2n) is 4.19. The summed E-state index contributed by atoms with van der Waals surface area (Å²) in [6.45, 7) is 5.82. The largest absolute Gasteiger partial charge is 0.351 e. The zero-order valence-corrected chi connectivity index (χ0v) is 11.3. The van der Waals surface area contributed by atoms with E-state index in [0.717, 1.165) is 10.9 Å². The molecule has 0 aliphatic rings. The van der Waals surface area contributed by atoms with Crippen molar-refractivity contribution in [3.8, 4) is 6.07 Å². The Kier molecular flexibility index (Phi) is 4.56. The van der Waals surface area contributed by atoms with E-state index in [0.29, 0.717) is 25.3 Å². The Labute approximate surface area is 113 Å². The zero-order chi connectivity index (χ0) is 13.7.